The number of allylic oxidation sites excluding steroid dienone is 4. The Morgan fingerprint density at radius 1 is 0.414 bits per heavy atom. The summed E-state index contributed by atoms with van der Waals surface area (Å²) in [7, 11) is 0. The van der Waals surface area contributed by atoms with Crippen molar-refractivity contribution in [3.05, 3.63) is 261 Å². The molecule has 4 nitrogen and oxygen atoms in total. The third-order valence-electron chi connectivity index (χ3n) is 14.3. The molecule has 0 spiro atoms. The molecule has 0 aliphatic heterocycles. The van der Waals surface area contributed by atoms with E-state index in [1.807, 2.05) is 18.2 Å². The number of furan rings is 1. The SMILES string of the molecule is C=CC(=CC=CN(c1ccc(-c2ccc(-n3c4ccccc4c4ccccc43)cc2)cc1)c1ccc(-c2ccc3c(c2)oc2ccccc23)cc1)c1cc2c3ccccc3n3c4ccccc4c(c1)c23. The number of rotatable bonds is 9. The van der Waals surface area contributed by atoms with Gasteiger partial charge in [-0.3, -0.25) is 0 Å². The fraction of sp³-hybridized carbons (Fsp3) is 0. The molecule has 4 heteroatoms. The first-order valence-corrected chi connectivity index (χ1v) is 23.9. The minimum absolute atomic E-state index is 0.890. The summed E-state index contributed by atoms with van der Waals surface area (Å²) in [6, 6.07) is 80.8. The summed E-state index contributed by atoms with van der Waals surface area (Å²) in [5.41, 5.74) is 17.9. The van der Waals surface area contributed by atoms with E-state index >= 15 is 0 Å². The molecule has 0 radical (unpaired) electrons. The Kier molecular flexibility index (Phi) is 9.01. The van der Waals surface area contributed by atoms with Crippen LogP contribution in [0.2, 0.25) is 0 Å². The molecule has 70 heavy (non-hydrogen) atoms. The number of aromatic nitrogens is 2. The van der Waals surface area contributed by atoms with E-state index in [-0.39, 0.29) is 0 Å². The van der Waals surface area contributed by atoms with Crippen molar-refractivity contribution >= 4 is 98.8 Å². The molecule has 0 amide bonds. The molecule has 0 atom stereocenters. The standard InChI is InChI=1S/C66H43N3O/c1-2-43(48-40-58-54-17-5-10-22-62(54)69-63-23-11-6-18-55(63)59(41-48)66(58)69)14-13-39-67(50-34-27-46(28-35-50)47-31-38-57-56-19-7-12-24-64(56)70-65(57)42-47)49-32-25-44(26-33-49)45-29-36-51(37-30-45)68-60-20-8-3-15-52(60)53-16-4-9-21-61(53)68/h2-42H,1H2. The van der Waals surface area contributed by atoms with Crippen LogP contribution in [0, 0.1) is 0 Å². The lowest BCUT2D eigenvalue weighted by Crippen LogP contribution is -2.08. The maximum Gasteiger partial charge on any atom is 0.136 e. The predicted octanol–water partition coefficient (Wildman–Crippen LogP) is 18.1. The lowest BCUT2D eigenvalue weighted by atomic mass is 9.99. The Balaban J connectivity index is 0.827. The summed E-state index contributed by atoms with van der Waals surface area (Å²) in [4.78, 5) is 2.26. The highest BCUT2D eigenvalue weighted by Crippen LogP contribution is 2.42. The molecule has 0 saturated heterocycles. The van der Waals surface area contributed by atoms with Crippen molar-refractivity contribution in [3.8, 4) is 27.9 Å². The molecule has 10 aromatic carbocycles. The van der Waals surface area contributed by atoms with Gasteiger partial charge in [-0.25, -0.2) is 0 Å². The van der Waals surface area contributed by atoms with Crippen molar-refractivity contribution in [2.75, 3.05) is 4.90 Å². The Hall–Kier alpha value is -9.38. The molecule has 0 bridgehead atoms. The minimum Gasteiger partial charge on any atom is -0.456 e. The van der Waals surface area contributed by atoms with E-state index in [1.165, 1.54) is 59.9 Å². The van der Waals surface area contributed by atoms with Crippen LogP contribution in [-0.2, 0) is 0 Å². The summed E-state index contributed by atoms with van der Waals surface area (Å²) >= 11 is 0. The van der Waals surface area contributed by atoms with Gasteiger partial charge in [-0.15, -0.1) is 0 Å². The zero-order valence-corrected chi connectivity index (χ0v) is 38.1. The summed E-state index contributed by atoms with van der Waals surface area (Å²) in [6.45, 7) is 4.32. The van der Waals surface area contributed by atoms with Gasteiger partial charge in [0.1, 0.15) is 11.2 Å². The van der Waals surface area contributed by atoms with Gasteiger partial charge in [0.05, 0.1) is 27.6 Å². The van der Waals surface area contributed by atoms with Crippen LogP contribution < -0.4 is 4.90 Å². The van der Waals surface area contributed by atoms with Crippen molar-refractivity contribution in [3.63, 3.8) is 0 Å². The van der Waals surface area contributed by atoms with E-state index in [1.54, 1.807) is 0 Å². The third-order valence-corrected chi connectivity index (χ3v) is 14.3. The third kappa shape index (κ3) is 6.24. The maximum atomic E-state index is 6.27. The van der Waals surface area contributed by atoms with E-state index in [0.717, 1.165) is 72.4 Å². The van der Waals surface area contributed by atoms with Crippen LogP contribution in [0.4, 0.5) is 11.4 Å². The number of hydrogen-bond acceptors (Lipinski definition) is 2. The summed E-state index contributed by atoms with van der Waals surface area (Å²) in [5, 5.41) is 9.79. The average Bonchev–Trinajstić information content (AvgIpc) is 4.17. The van der Waals surface area contributed by atoms with Crippen molar-refractivity contribution in [1.82, 2.24) is 8.97 Å². The largest absolute Gasteiger partial charge is 0.456 e. The van der Waals surface area contributed by atoms with E-state index in [9.17, 15) is 0 Å². The van der Waals surface area contributed by atoms with Crippen LogP contribution in [0.1, 0.15) is 5.56 Å². The number of nitrogens with zero attached hydrogens (tertiary/aromatic N) is 3. The fourth-order valence-electron chi connectivity index (χ4n) is 11.0. The van der Waals surface area contributed by atoms with E-state index < -0.39 is 0 Å². The van der Waals surface area contributed by atoms with Crippen LogP contribution >= 0.6 is 0 Å². The lowest BCUT2D eigenvalue weighted by molar-refractivity contribution is 0.669. The first-order chi connectivity index (χ1) is 34.7. The molecular weight excluding hydrogens is 851 g/mol. The average molecular weight is 894 g/mol. The molecule has 0 N–H and O–H groups in total. The van der Waals surface area contributed by atoms with Crippen molar-refractivity contribution < 1.29 is 4.42 Å². The van der Waals surface area contributed by atoms with Gasteiger partial charge in [0.15, 0.2) is 0 Å². The highest BCUT2D eigenvalue weighted by atomic mass is 16.3. The van der Waals surface area contributed by atoms with Crippen LogP contribution in [0.3, 0.4) is 0 Å². The predicted molar refractivity (Wildman–Crippen MR) is 296 cm³/mol. The van der Waals surface area contributed by atoms with Crippen LogP contribution in [0.15, 0.2) is 260 Å². The Morgan fingerprint density at radius 2 is 0.871 bits per heavy atom. The number of anilines is 2. The number of benzene rings is 10. The van der Waals surface area contributed by atoms with E-state index in [4.69, 9.17) is 4.42 Å². The number of para-hydroxylation sites is 5. The highest BCUT2D eigenvalue weighted by molar-refractivity contribution is 6.24. The Morgan fingerprint density at radius 3 is 1.44 bits per heavy atom. The number of hydrogen-bond donors (Lipinski definition) is 0. The molecule has 328 valence electrons. The molecule has 0 aliphatic carbocycles. The van der Waals surface area contributed by atoms with Gasteiger partial charge in [0.25, 0.3) is 0 Å². The monoisotopic (exact) mass is 893 g/mol. The van der Waals surface area contributed by atoms with Crippen molar-refractivity contribution in [1.29, 1.82) is 0 Å². The van der Waals surface area contributed by atoms with E-state index in [0.29, 0.717) is 0 Å². The zero-order valence-electron chi connectivity index (χ0n) is 38.1. The topological polar surface area (TPSA) is 25.7 Å². The summed E-state index contributed by atoms with van der Waals surface area (Å²) in [5.74, 6) is 0. The van der Waals surface area contributed by atoms with Gasteiger partial charge >= 0.3 is 0 Å². The van der Waals surface area contributed by atoms with Gasteiger partial charge in [0, 0.05) is 66.4 Å². The Bertz CT molecular complexity index is 4270. The molecule has 0 unspecified atom stereocenters. The molecule has 14 aromatic rings. The second kappa shape index (κ2) is 15.9. The van der Waals surface area contributed by atoms with Gasteiger partial charge in [0.2, 0.25) is 0 Å². The first kappa shape index (κ1) is 39.8. The van der Waals surface area contributed by atoms with E-state index in [2.05, 4.69) is 251 Å². The van der Waals surface area contributed by atoms with Crippen LogP contribution in [0.5, 0.6) is 0 Å². The molecular formula is C66H43N3O. The van der Waals surface area contributed by atoms with Gasteiger partial charge < -0.3 is 18.3 Å². The molecule has 0 saturated carbocycles. The highest BCUT2D eigenvalue weighted by Gasteiger charge is 2.19. The van der Waals surface area contributed by atoms with Gasteiger partial charge in [-0.1, -0.05) is 152 Å². The molecule has 4 heterocycles. The molecule has 4 aromatic heterocycles. The second-order valence-corrected chi connectivity index (χ2v) is 18.1. The van der Waals surface area contributed by atoms with Gasteiger partial charge in [-0.2, -0.15) is 0 Å². The zero-order chi connectivity index (χ0) is 46.3. The maximum absolute atomic E-state index is 6.27. The molecule has 14 rings (SSSR count). The first-order valence-electron chi connectivity index (χ1n) is 23.9. The Labute approximate surface area is 404 Å². The smallest absolute Gasteiger partial charge is 0.136 e. The second-order valence-electron chi connectivity index (χ2n) is 18.1. The summed E-state index contributed by atoms with van der Waals surface area (Å²) < 4.78 is 11.1. The van der Waals surface area contributed by atoms with Crippen molar-refractivity contribution in [2.45, 2.75) is 0 Å². The van der Waals surface area contributed by atoms with Crippen molar-refractivity contribution in [2.24, 2.45) is 0 Å². The minimum atomic E-state index is 0.890. The molecule has 0 fully saturated rings. The fourth-order valence-corrected chi connectivity index (χ4v) is 11.0. The van der Waals surface area contributed by atoms with Crippen LogP contribution in [0.25, 0.3) is 115 Å². The normalized spacial score (nSPS) is 12.4. The summed E-state index contributed by atoms with van der Waals surface area (Å²) in [6.07, 6.45) is 8.45. The van der Waals surface area contributed by atoms with Crippen LogP contribution in [-0.4, -0.2) is 8.97 Å². The van der Waals surface area contributed by atoms with Gasteiger partial charge in [-0.05, 0) is 130 Å². The lowest BCUT2D eigenvalue weighted by Gasteiger charge is -2.22. The quantitative estimate of drug-likeness (QED) is 0.135. The number of fused-ring (bicyclic) bond motifs is 12. The molecule has 0 aliphatic rings.